The Morgan fingerprint density at radius 1 is 1.60 bits per heavy atom. The van der Waals surface area contributed by atoms with E-state index >= 15 is 0 Å². The molecule has 20 heavy (non-hydrogen) atoms. The van der Waals surface area contributed by atoms with Crippen LogP contribution in [0.5, 0.6) is 0 Å². The molecule has 6 nitrogen and oxygen atoms in total. The lowest BCUT2D eigenvalue weighted by molar-refractivity contribution is 0.00869. The summed E-state index contributed by atoms with van der Waals surface area (Å²) < 4.78 is 6.94. The molecule has 2 heterocycles. The fourth-order valence-electron chi connectivity index (χ4n) is 2.52. The number of hydrogen-bond donors (Lipinski definition) is 2. The highest BCUT2D eigenvalue weighted by atomic mass is 16.5. The Bertz CT molecular complexity index is 453. The van der Waals surface area contributed by atoms with Gasteiger partial charge in [-0.3, -0.25) is 9.48 Å². The second-order valence-corrected chi connectivity index (χ2v) is 5.21. The van der Waals surface area contributed by atoms with Crippen molar-refractivity contribution >= 4 is 5.91 Å². The number of nitrogens with one attached hydrogen (secondary N) is 1. The van der Waals surface area contributed by atoms with Crippen molar-refractivity contribution in [3.05, 3.63) is 17.5 Å². The number of nitrogens with zero attached hydrogens (tertiary/aromatic N) is 2. The van der Waals surface area contributed by atoms with Crippen LogP contribution in [0.4, 0.5) is 0 Å². The van der Waals surface area contributed by atoms with Crippen LogP contribution in [0.1, 0.15) is 35.9 Å². The van der Waals surface area contributed by atoms with Gasteiger partial charge in [0.15, 0.2) is 0 Å². The number of aliphatic hydroxyl groups excluding tert-OH is 1. The second-order valence-electron chi connectivity index (χ2n) is 5.21. The molecule has 0 aliphatic carbocycles. The second kappa shape index (κ2) is 6.85. The van der Waals surface area contributed by atoms with Gasteiger partial charge >= 0.3 is 0 Å². The van der Waals surface area contributed by atoms with E-state index in [4.69, 9.17) is 4.74 Å². The molecule has 1 aliphatic heterocycles. The predicted molar refractivity (Wildman–Crippen MR) is 74.5 cm³/mol. The number of aryl methyl sites for hydroxylation is 2. The van der Waals surface area contributed by atoms with Crippen LogP contribution in [-0.4, -0.2) is 46.7 Å². The van der Waals surface area contributed by atoms with Crippen LogP contribution in [0.2, 0.25) is 0 Å². The summed E-state index contributed by atoms with van der Waals surface area (Å²) in [6.45, 7) is 6.12. The van der Waals surface area contributed by atoms with Crippen LogP contribution in [0.15, 0.2) is 6.07 Å². The molecule has 1 aromatic rings. The molecule has 0 saturated carbocycles. The molecule has 0 spiro atoms. The zero-order chi connectivity index (χ0) is 14.5. The topological polar surface area (TPSA) is 76.4 Å². The average molecular weight is 281 g/mol. The first kappa shape index (κ1) is 15.0. The average Bonchev–Trinajstić information content (AvgIpc) is 2.86. The molecule has 1 aliphatic rings. The lowest BCUT2D eigenvalue weighted by Crippen LogP contribution is -2.39. The van der Waals surface area contributed by atoms with E-state index in [1.54, 1.807) is 10.7 Å². The van der Waals surface area contributed by atoms with Gasteiger partial charge < -0.3 is 15.2 Å². The highest BCUT2D eigenvalue weighted by Crippen LogP contribution is 2.18. The minimum Gasteiger partial charge on any atom is -0.391 e. The van der Waals surface area contributed by atoms with Crippen LogP contribution in [-0.2, 0) is 11.3 Å². The molecule has 1 fully saturated rings. The number of amides is 1. The Hall–Kier alpha value is -1.40. The Morgan fingerprint density at radius 3 is 2.95 bits per heavy atom. The van der Waals surface area contributed by atoms with Crippen LogP contribution in [0.25, 0.3) is 0 Å². The molecule has 0 radical (unpaired) electrons. The first-order chi connectivity index (χ1) is 9.61. The number of ether oxygens (including phenoxy) is 1. The third-order valence-corrected chi connectivity index (χ3v) is 3.72. The van der Waals surface area contributed by atoms with Gasteiger partial charge in [0.2, 0.25) is 0 Å². The SMILES string of the molecule is CCn1nc(C)cc1C(=O)NCC(O)C1CCOCC1. The van der Waals surface area contributed by atoms with Crippen molar-refractivity contribution in [1.29, 1.82) is 0 Å². The molecule has 1 atom stereocenters. The molecule has 2 N–H and O–H groups in total. The summed E-state index contributed by atoms with van der Waals surface area (Å²) in [6.07, 6.45) is 1.19. The summed E-state index contributed by atoms with van der Waals surface area (Å²) >= 11 is 0. The van der Waals surface area contributed by atoms with Crippen LogP contribution >= 0.6 is 0 Å². The molecule has 1 saturated heterocycles. The first-order valence-corrected chi connectivity index (χ1v) is 7.20. The monoisotopic (exact) mass is 281 g/mol. The smallest absolute Gasteiger partial charge is 0.269 e. The maximum Gasteiger partial charge on any atom is 0.269 e. The maximum absolute atomic E-state index is 12.1. The molecule has 2 rings (SSSR count). The summed E-state index contributed by atoms with van der Waals surface area (Å²) in [6, 6.07) is 1.76. The van der Waals surface area contributed by atoms with Gasteiger partial charge in [-0.2, -0.15) is 5.10 Å². The normalized spacial score (nSPS) is 17.9. The van der Waals surface area contributed by atoms with E-state index < -0.39 is 6.10 Å². The van der Waals surface area contributed by atoms with E-state index in [0.29, 0.717) is 25.5 Å². The van der Waals surface area contributed by atoms with Crippen LogP contribution in [0.3, 0.4) is 0 Å². The fraction of sp³-hybridized carbons (Fsp3) is 0.714. The largest absolute Gasteiger partial charge is 0.391 e. The van der Waals surface area contributed by atoms with Gasteiger partial charge in [-0.15, -0.1) is 0 Å². The van der Waals surface area contributed by atoms with Crippen molar-refractivity contribution in [2.75, 3.05) is 19.8 Å². The van der Waals surface area contributed by atoms with Crippen molar-refractivity contribution in [1.82, 2.24) is 15.1 Å². The molecule has 112 valence electrons. The Labute approximate surface area is 119 Å². The van der Waals surface area contributed by atoms with Crippen molar-refractivity contribution in [3.63, 3.8) is 0 Å². The summed E-state index contributed by atoms with van der Waals surface area (Å²) in [5.74, 6) is 0.0282. The molecular formula is C14H23N3O3. The molecule has 6 heteroatoms. The number of aliphatic hydroxyl groups is 1. The third kappa shape index (κ3) is 3.58. The fourth-order valence-corrected chi connectivity index (χ4v) is 2.52. The van der Waals surface area contributed by atoms with Crippen molar-refractivity contribution in [2.45, 2.75) is 39.3 Å². The zero-order valence-electron chi connectivity index (χ0n) is 12.1. The summed E-state index contributed by atoms with van der Waals surface area (Å²) in [4.78, 5) is 12.1. The van der Waals surface area contributed by atoms with Gasteiger partial charge in [0.25, 0.3) is 5.91 Å². The molecular weight excluding hydrogens is 258 g/mol. The number of carbonyl (C=O) groups is 1. The molecule has 0 aromatic carbocycles. The summed E-state index contributed by atoms with van der Waals surface area (Å²) in [5, 5.41) is 17.1. The quantitative estimate of drug-likeness (QED) is 0.834. The van der Waals surface area contributed by atoms with Gasteiger partial charge in [-0.25, -0.2) is 0 Å². The van der Waals surface area contributed by atoms with Gasteiger partial charge in [0.1, 0.15) is 5.69 Å². The molecule has 0 bridgehead atoms. The molecule has 1 amide bonds. The lowest BCUT2D eigenvalue weighted by atomic mass is 9.94. The standard InChI is InChI=1S/C14H23N3O3/c1-3-17-12(8-10(2)16-17)14(19)15-9-13(18)11-4-6-20-7-5-11/h8,11,13,18H,3-7,9H2,1-2H3,(H,15,19). The van der Waals surface area contributed by atoms with Gasteiger partial charge in [-0.05, 0) is 38.7 Å². The number of carbonyl (C=O) groups excluding carboxylic acids is 1. The highest BCUT2D eigenvalue weighted by molar-refractivity contribution is 5.92. The van der Waals surface area contributed by atoms with Gasteiger partial charge in [0, 0.05) is 26.3 Å². The van der Waals surface area contributed by atoms with E-state index in [0.717, 1.165) is 18.5 Å². The number of hydrogen-bond acceptors (Lipinski definition) is 4. The van der Waals surface area contributed by atoms with Gasteiger partial charge in [-0.1, -0.05) is 0 Å². The van der Waals surface area contributed by atoms with E-state index in [2.05, 4.69) is 10.4 Å². The van der Waals surface area contributed by atoms with Crippen molar-refractivity contribution in [2.24, 2.45) is 5.92 Å². The highest BCUT2D eigenvalue weighted by Gasteiger charge is 2.23. The Kier molecular flexibility index (Phi) is 5.14. The van der Waals surface area contributed by atoms with E-state index in [1.165, 1.54) is 0 Å². The minimum absolute atomic E-state index is 0.182. The summed E-state index contributed by atoms with van der Waals surface area (Å²) in [7, 11) is 0. The van der Waals surface area contributed by atoms with Gasteiger partial charge in [0.05, 0.1) is 11.8 Å². The van der Waals surface area contributed by atoms with E-state index in [9.17, 15) is 9.90 Å². The lowest BCUT2D eigenvalue weighted by Gasteiger charge is -2.26. The predicted octanol–water partition coefficient (Wildman–Crippen LogP) is 0.729. The van der Waals surface area contributed by atoms with E-state index in [-0.39, 0.29) is 18.4 Å². The van der Waals surface area contributed by atoms with Crippen LogP contribution < -0.4 is 5.32 Å². The maximum atomic E-state index is 12.1. The number of aromatic nitrogens is 2. The van der Waals surface area contributed by atoms with Crippen molar-refractivity contribution < 1.29 is 14.6 Å². The third-order valence-electron chi connectivity index (χ3n) is 3.72. The Morgan fingerprint density at radius 2 is 2.30 bits per heavy atom. The number of rotatable bonds is 5. The Balaban J connectivity index is 1.87. The summed E-state index contributed by atoms with van der Waals surface area (Å²) in [5.41, 5.74) is 1.37. The van der Waals surface area contributed by atoms with E-state index in [1.807, 2.05) is 13.8 Å². The zero-order valence-corrected chi connectivity index (χ0v) is 12.1. The minimum atomic E-state index is -0.512. The first-order valence-electron chi connectivity index (χ1n) is 7.20. The van der Waals surface area contributed by atoms with Crippen LogP contribution in [0, 0.1) is 12.8 Å². The van der Waals surface area contributed by atoms with Crippen molar-refractivity contribution in [3.8, 4) is 0 Å². The molecule has 1 unspecified atom stereocenters. The molecule has 1 aromatic heterocycles.